The number of pyridine rings is 1. The molecule has 1 aliphatic rings. The van der Waals surface area contributed by atoms with Crippen LogP contribution >= 0.6 is 0 Å². The van der Waals surface area contributed by atoms with E-state index in [0.717, 1.165) is 12.8 Å². The molecule has 154 valence electrons. The van der Waals surface area contributed by atoms with Gasteiger partial charge in [-0.15, -0.1) is 0 Å². The van der Waals surface area contributed by atoms with E-state index in [1.54, 1.807) is 37.5 Å². The van der Waals surface area contributed by atoms with E-state index in [1.807, 2.05) is 17.0 Å². The van der Waals surface area contributed by atoms with Gasteiger partial charge in [0.2, 0.25) is 11.8 Å². The summed E-state index contributed by atoms with van der Waals surface area (Å²) in [4.78, 5) is 26.3. The monoisotopic (exact) mass is 407 g/mol. The molecule has 0 unspecified atom stereocenters. The number of hydrogen-bond acceptors (Lipinski definition) is 6. The van der Waals surface area contributed by atoms with Crippen molar-refractivity contribution < 1.29 is 13.9 Å². The van der Waals surface area contributed by atoms with E-state index < -0.39 is 5.82 Å². The van der Waals surface area contributed by atoms with Gasteiger partial charge in [-0.3, -0.25) is 9.78 Å². The Bertz CT molecular complexity index is 1020. The maximum Gasteiger partial charge on any atom is 0.241 e. The second-order valence-electron chi connectivity index (χ2n) is 7.11. The smallest absolute Gasteiger partial charge is 0.241 e. The average Bonchev–Trinajstić information content (AvgIpc) is 2.77. The van der Waals surface area contributed by atoms with E-state index in [0.29, 0.717) is 36.2 Å². The first kappa shape index (κ1) is 19.8. The van der Waals surface area contributed by atoms with Crippen LogP contribution in [-0.4, -0.2) is 38.8 Å². The summed E-state index contributed by atoms with van der Waals surface area (Å²) < 4.78 is 20.5. The van der Waals surface area contributed by atoms with Crippen LogP contribution in [0, 0.1) is 5.82 Å². The minimum atomic E-state index is -0.515. The van der Waals surface area contributed by atoms with Gasteiger partial charge >= 0.3 is 0 Å². The van der Waals surface area contributed by atoms with Gasteiger partial charge in [-0.05, 0) is 37.1 Å². The maximum atomic E-state index is 14.7. The number of anilines is 2. The van der Waals surface area contributed by atoms with Gasteiger partial charge in [0, 0.05) is 56.3 Å². The molecule has 0 bridgehead atoms. The zero-order valence-corrected chi connectivity index (χ0v) is 16.6. The van der Waals surface area contributed by atoms with Gasteiger partial charge in [-0.25, -0.2) is 14.4 Å². The molecule has 1 N–H and O–H groups in total. The second kappa shape index (κ2) is 8.86. The maximum absolute atomic E-state index is 14.7. The Morgan fingerprint density at radius 3 is 2.60 bits per heavy atom. The number of rotatable bonds is 5. The second-order valence-corrected chi connectivity index (χ2v) is 7.11. The average molecular weight is 407 g/mol. The van der Waals surface area contributed by atoms with Crippen LogP contribution in [0.25, 0.3) is 0 Å². The van der Waals surface area contributed by atoms with Crippen molar-refractivity contribution in [1.29, 1.82) is 0 Å². The molecule has 0 saturated carbocycles. The Morgan fingerprint density at radius 2 is 1.90 bits per heavy atom. The largest absolute Gasteiger partial charge is 0.434 e. The molecule has 0 spiro atoms. The number of ether oxygens (including phenoxy) is 1. The molecule has 1 aromatic carbocycles. The van der Waals surface area contributed by atoms with Gasteiger partial charge in [0.1, 0.15) is 11.5 Å². The number of carbonyl (C=O) groups is 1. The summed E-state index contributed by atoms with van der Waals surface area (Å²) in [6.45, 7) is 2.91. The first-order valence-electron chi connectivity index (χ1n) is 9.82. The highest BCUT2D eigenvalue weighted by Crippen LogP contribution is 2.34. The highest BCUT2D eigenvalue weighted by molar-refractivity contribution is 5.73. The van der Waals surface area contributed by atoms with Crippen LogP contribution < -0.4 is 10.1 Å². The summed E-state index contributed by atoms with van der Waals surface area (Å²) in [6.07, 6.45) is 6.33. The lowest BCUT2D eigenvalue weighted by Crippen LogP contribution is -2.36. The predicted molar refractivity (Wildman–Crippen MR) is 110 cm³/mol. The zero-order chi connectivity index (χ0) is 20.9. The summed E-state index contributed by atoms with van der Waals surface area (Å²) in [5.41, 5.74) is 1.25. The fourth-order valence-electron chi connectivity index (χ4n) is 3.51. The van der Waals surface area contributed by atoms with Gasteiger partial charge in [-0.2, -0.15) is 0 Å². The quantitative estimate of drug-likeness (QED) is 0.680. The zero-order valence-electron chi connectivity index (χ0n) is 16.6. The van der Waals surface area contributed by atoms with Crippen LogP contribution in [0.1, 0.15) is 31.4 Å². The van der Waals surface area contributed by atoms with Crippen molar-refractivity contribution in [3.8, 4) is 11.6 Å². The van der Waals surface area contributed by atoms with Crippen molar-refractivity contribution in [2.75, 3.05) is 18.4 Å². The first-order valence-corrected chi connectivity index (χ1v) is 9.82. The number of amides is 1. The Kier molecular flexibility index (Phi) is 5.83. The molecular weight excluding hydrogens is 385 g/mol. The van der Waals surface area contributed by atoms with Crippen molar-refractivity contribution in [2.45, 2.75) is 25.7 Å². The van der Waals surface area contributed by atoms with E-state index >= 15 is 0 Å². The Hall–Kier alpha value is -3.55. The van der Waals surface area contributed by atoms with Gasteiger partial charge in [0.15, 0.2) is 11.6 Å². The molecule has 0 radical (unpaired) electrons. The van der Waals surface area contributed by atoms with Crippen LogP contribution in [0.2, 0.25) is 0 Å². The lowest BCUT2D eigenvalue weighted by molar-refractivity contribution is -0.129. The van der Waals surface area contributed by atoms with Crippen LogP contribution in [-0.2, 0) is 4.79 Å². The molecule has 8 heteroatoms. The standard InChI is InChI=1S/C22H22FN5O2/c1-15(29)28-12-7-16(8-13-28)21-22(26-11-10-25-21)30-19-6-5-17(14-18(19)23)27-20-4-2-3-9-24-20/h2-6,9-11,14,16H,7-8,12-13H2,1H3,(H,24,27). The molecule has 4 rings (SSSR count). The van der Waals surface area contributed by atoms with Crippen molar-refractivity contribution in [1.82, 2.24) is 19.9 Å². The normalized spacial score (nSPS) is 14.4. The molecule has 30 heavy (non-hydrogen) atoms. The fraction of sp³-hybridized carbons (Fsp3) is 0.273. The van der Waals surface area contributed by atoms with Gasteiger partial charge < -0.3 is 15.0 Å². The summed E-state index contributed by atoms with van der Waals surface area (Å²) in [5, 5.41) is 3.05. The molecule has 3 aromatic rings. The fourth-order valence-corrected chi connectivity index (χ4v) is 3.51. The number of benzene rings is 1. The summed E-state index contributed by atoms with van der Waals surface area (Å²) in [6, 6.07) is 10.1. The predicted octanol–water partition coefficient (Wildman–Crippen LogP) is 4.27. The van der Waals surface area contributed by atoms with Crippen molar-refractivity contribution in [3.05, 3.63) is 66.5 Å². The van der Waals surface area contributed by atoms with Crippen LogP contribution in [0.5, 0.6) is 11.6 Å². The molecule has 1 amide bonds. The third kappa shape index (κ3) is 4.53. The number of halogens is 1. The molecule has 1 fully saturated rings. The number of carbonyl (C=O) groups excluding carboxylic acids is 1. The van der Waals surface area contributed by atoms with Crippen LogP contribution in [0.3, 0.4) is 0 Å². The number of likely N-dealkylation sites (tertiary alicyclic amines) is 1. The van der Waals surface area contributed by atoms with Crippen molar-refractivity contribution >= 4 is 17.4 Å². The minimum Gasteiger partial charge on any atom is -0.434 e. The molecule has 1 saturated heterocycles. The summed E-state index contributed by atoms with van der Waals surface area (Å²) in [7, 11) is 0. The van der Waals surface area contributed by atoms with E-state index in [1.165, 1.54) is 12.3 Å². The molecule has 3 heterocycles. The van der Waals surface area contributed by atoms with Gasteiger partial charge in [-0.1, -0.05) is 6.07 Å². The number of hydrogen-bond donors (Lipinski definition) is 1. The van der Waals surface area contributed by atoms with E-state index in [4.69, 9.17) is 4.74 Å². The lowest BCUT2D eigenvalue weighted by Gasteiger charge is -2.31. The summed E-state index contributed by atoms with van der Waals surface area (Å²) in [5.74, 6) is 0.660. The van der Waals surface area contributed by atoms with E-state index in [9.17, 15) is 9.18 Å². The summed E-state index contributed by atoms with van der Waals surface area (Å²) >= 11 is 0. The number of nitrogens with one attached hydrogen (secondary N) is 1. The van der Waals surface area contributed by atoms with Crippen molar-refractivity contribution in [2.24, 2.45) is 0 Å². The third-order valence-corrected chi connectivity index (χ3v) is 5.09. The van der Waals surface area contributed by atoms with Crippen LogP contribution in [0.4, 0.5) is 15.9 Å². The Morgan fingerprint density at radius 1 is 1.10 bits per heavy atom. The SMILES string of the molecule is CC(=O)N1CCC(c2nccnc2Oc2ccc(Nc3ccccn3)cc2F)CC1. The van der Waals surface area contributed by atoms with Gasteiger partial charge in [0.25, 0.3) is 0 Å². The van der Waals surface area contributed by atoms with Crippen molar-refractivity contribution in [3.63, 3.8) is 0 Å². The molecule has 0 aliphatic carbocycles. The Balaban J connectivity index is 1.49. The van der Waals surface area contributed by atoms with Crippen LogP contribution in [0.15, 0.2) is 55.0 Å². The third-order valence-electron chi connectivity index (χ3n) is 5.09. The molecular formula is C22H22FN5O2. The minimum absolute atomic E-state index is 0.0736. The molecule has 2 aromatic heterocycles. The molecule has 7 nitrogen and oxygen atoms in total. The first-order chi connectivity index (χ1) is 14.6. The molecule has 1 aliphatic heterocycles. The number of nitrogens with zero attached hydrogens (tertiary/aromatic N) is 4. The number of aromatic nitrogens is 3. The van der Waals surface area contributed by atoms with Gasteiger partial charge in [0.05, 0.1) is 0 Å². The Labute approximate surface area is 174 Å². The highest BCUT2D eigenvalue weighted by Gasteiger charge is 2.26. The van der Waals surface area contributed by atoms with E-state index in [-0.39, 0.29) is 17.6 Å². The topological polar surface area (TPSA) is 80.2 Å². The number of piperidine rings is 1. The lowest BCUT2D eigenvalue weighted by atomic mass is 9.93. The molecule has 0 atom stereocenters. The highest BCUT2D eigenvalue weighted by atomic mass is 19.1. The van der Waals surface area contributed by atoms with E-state index in [2.05, 4.69) is 20.3 Å².